The van der Waals surface area contributed by atoms with Gasteiger partial charge in [0.05, 0.1) is 0 Å². The Kier molecular flexibility index (Phi) is 8.29. The molecule has 0 saturated heterocycles. The molecule has 90 valence electrons. The van der Waals surface area contributed by atoms with Gasteiger partial charge in [0.2, 0.25) is 0 Å². The number of hydrogen-bond acceptors (Lipinski definition) is 4. The van der Waals surface area contributed by atoms with Crippen LogP contribution in [0.4, 0.5) is 0 Å². The molecular weight excluding hydrogens is 206 g/mol. The van der Waals surface area contributed by atoms with Crippen LogP contribution in [-0.2, 0) is 18.6 Å². The van der Waals surface area contributed by atoms with Crippen molar-refractivity contribution in [2.24, 2.45) is 0 Å². The summed E-state index contributed by atoms with van der Waals surface area (Å²) in [5, 5.41) is 0. The van der Waals surface area contributed by atoms with Gasteiger partial charge in [0.25, 0.3) is 0 Å². The first kappa shape index (κ1) is 15.4. The summed E-state index contributed by atoms with van der Waals surface area (Å²) in [6, 6.07) is 0. The summed E-state index contributed by atoms with van der Waals surface area (Å²) in [6.07, 6.45) is 1.18. The van der Waals surface area contributed by atoms with Crippen LogP contribution < -0.4 is 0 Å². The zero-order valence-electron chi connectivity index (χ0n) is 10.6. The van der Waals surface area contributed by atoms with Crippen molar-refractivity contribution < 1.29 is 18.6 Å². The molecule has 0 saturated carbocycles. The van der Waals surface area contributed by atoms with Gasteiger partial charge < -0.3 is 18.6 Å². The molecule has 4 nitrogen and oxygen atoms in total. The summed E-state index contributed by atoms with van der Waals surface area (Å²) in [5.74, 6) is 0. The molecule has 0 aliphatic carbocycles. The molecule has 0 heterocycles. The molecule has 0 unspecified atom stereocenters. The quantitative estimate of drug-likeness (QED) is 0.442. The second-order valence-electron chi connectivity index (χ2n) is 3.42. The predicted molar refractivity (Wildman–Crippen MR) is 67.4 cm³/mol. The van der Waals surface area contributed by atoms with Gasteiger partial charge in [0, 0.05) is 41.1 Å². The molecule has 0 aromatic rings. The molecule has 0 aliphatic rings. The van der Waals surface area contributed by atoms with Gasteiger partial charge in [-0.1, -0.05) is 24.3 Å². The third kappa shape index (κ3) is 5.51. The largest absolute Gasteiger partial charge is 0.461 e. The van der Waals surface area contributed by atoms with E-state index >= 15 is 0 Å². The first-order valence-corrected chi connectivity index (χ1v) is 5.06. The van der Waals surface area contributed by atoms with Crippen molar-refractivity contribution in [3.05, 3.63) is 24.3 Å². The zero-order valence-corrected chi connectivity index (χ0v) is 10.6. The highest BCUT2D eigenvalue weighted by atomic mass is 16.6. The molecule has 16 heavy (non-hydrogen) atoms. The monoisotopic (exact) mass is 226 g/mol. The Morgan fingerprint density at radius 2 is 1.00 bits per heavy atom. The van der Waals surface area contributed by atoms with Crippen LogP contribution in [0.5, 0.6) is 0 Å². The number of rotatable bonds is 9. The Hall–Kier alpha value is -0.550. The third-order valence-corrected chi connectivity index (χ3v) is 2.38. The van der Waals surface area contributed by atoms with E-state index in [0.29, 0.717) is 12.6 Å². The molecule has 0 amide bonds. The average Bonchev–Trinajstić information content (AvgIpc) is 2.32. The van der Waals surface area contributed by atoms with Crippen molar-refractivity contribution >= 4 is 14.2 Å². The fourth-order valence-corrected chi connectivity index (χ4v) is 1.22. The molecule has 0 radical (unpaired) electrons. The fourth-order valence-electron chi connectivity index (χ4n) is 1.22. The predicted octanol–water partition coefficient (Wildman–Crippen LogP) is 1.66. The van der Waals surface area contributed by atoms with Crippen molar-refractivity contribution in [2.75, 3.05) is 28.4 Å². The van der Waals surface area contributed by atoms with Crippen LogP contribution in [0.3, 0.4) is 0 Å². The lowest BCUT2D eigenvalue weighted by molar-refractivity contribution is 0.278. The summed E-state index contributed by atoms with van der Waals surface area (Å²) in [7, 11) is 5.81. The van der Waals surface area contributed by atoms with E-state index in [1.807, 2.05) is 0 Å². The molecule has 0 aliphatic heterocycles. The summed E-state index contributed by atoms with van der Waals surface area (Å²) in [5.41, 5.74) is 1.76. The molecule has 6 heteroatoms. The molecule has 0 rings (SSSR count). The van der Waals surface area contributed by atoms with Crippen LogP contribution in [0.1, 0.15) is 0 Å². The summed E-state index contributed by atoms with van der Waals surface area (Å²) >= 11 is 0. The molecule has 0 fully saturated rings. The van der Waals surface area contributed by atoms with Gasteiger partial charge in [-0.3, -0.25) is 0 Å². The van der Waals surface area contributed by atoms with Crippen molar-refractivity contribution in [1.82, 2.24) is 0 Å². The Morgan fingerprint density at radius 3 is 1.19 bits per heavy atom. The van der Waals surface area contributed by atoms with Gasteiger partial charge in [-0.2, -0.15) is 0 Å². The number of hydrogen-bond donors (Lipinski definition) is 0. The Balaban J connectivity index is 4.12. The zero-order chi connectivity index (χ0) is 12.6. The highest BCUT2D eigenvalue weighted by molar-refractivity contribution is 6.46. The molecule has 0 N–H and O–H groups in total. The minimum Gasteiger partial charge on any atom is -0.414 e. The van der Waals surface area contributed by atoms with Crippen LogP contribution in [0, 0.1) is 0 Å². The van der Waals surface area contributed by atoms with E-state index < -0.39 is 0 Å². The van der Waals surface area contributed by atoms with Gasteiger partial charge in [-0.15, -0.1) is 0 Å². The van der Waals surface area contributed by atoms with Crippen molar-refractivity contribution in [3.63, 3.8) is 0 Å². The molecule has 0 spiro atoms. The van der Waals surface area contributed by atoms with Crippen molar-refractivity contribution in [3.8, 4) is 0 Å². The smallest absolute Gasteiger partial charge is 0.414 e. The van der Waals surface area contributed by atoms with Crippen LogP contribution in [0.25, 0.3) is 0 Å². The summed E-state index contributed by atoms with van der Waals surface area (Å²) in [6.45, 7) is 7.88. The third-order valence-electron chi connectivity index (χ3n) is 2.38. The van der Waals surface area contributed by atoms with E-state index in [1.165, 1.54) is 0 Å². The normalized spacial score (nSPS) is 10.0. The lowest BCUT2D eigenvalue weighted by Crippen LogP contribution is -2.22. The van der Waals surface area contributed by atoms with Crippen LogP contribution >= 0.6 is 0 Å². The lowest BCUT2D eigenvalue weighted by atomic mass is 9.73. The first-order valence-electron chi connectivity index (χ1n) is 5.06. The minimum absolute atomic E-state index is 0.284. The Bertz CT molecular complexity index is 201. The molecule has 0 atom stereocenters. The van der Waals surface area contributed by atoms with E-state index in [9.17, 15) is 0 Å². The molecule has 0 aromatic heterocycles. The highest BCUT2D eigenvalue weighted by Crippen LogP contribution is 2.19. The second-order valence-corrected chi connectivity index (χ2v) is 3.42. The fraction of sp³-hybridized carbons (Fsp3) is 0.600. The summed E-state index contributed by atoms with van der Waals surface area (Å²) in [4.78, 5) is 0. The van der Waals surface area contributed by atoms with Gasteiger partial charge in [-0.05, 0) is 0 Å². The molecular formula is C10H20B2O4. The van der Waals surface area contributed by atoms with Crippen LogP contribution in [-0.4, -0.2) is 42.7 Å². The van der Waals surface area contributed by atoms with Crippen LogP contribution in [0.15, 0.2) is 24.3 Å². The maximum atomic E-state index is 5.09. The van der Waals surface area contributed by atoms with Gasteiger partial charge in [-0.25, -0.2) is 0 Å². The van der Waals surface area contributed by atoms with Gasteiger partial charge in [0.15, 0.2) is 0 Å². The van der Waals surface area contributed by atoms with E-state index in [2.05, 4.69) is 13.2 Å². The van der Waals surface area contributed by atoms with E-state index in [1.54, 1.807) is 28.4 Å². The van der Waals surface area contributed by atoms with Gasteiger partial charge >= 0.3 is 14.2 Å². The van der Waals surface area contributed by atoms with Crippen molar-refractivity contribution in [1.29, 1.82) is 0 Å². The van der Waals surface area contributed by atoms with Crippen molar-refractivity contribution in [2.45, 2.75) is 12.6 Å². The van der Waals surface area contributed by atoms with Crippen LogP contribution in [0.2, 0.25) is 12.6 Å². The maximum Gasteiger partial charge on any atom is 0.461 e. The maximum absolute atomic E-state index is 5.09. The number of allylic oxidation sites excluding steroid dienone is 2. The minimum atomic E-state index is -0.284. The van der Waals surface area contributed by atoms with E-state index in [0.717, 1.165) is 11.1 Å². The van der Waals surface area contributed by atoms with E-state index in [-0.39, 0.29) is 14.2 Å². The molecule has 0 aromatic carbocycles. The topological polar surface area (TPSA) is 36.9 Å². The SMILES string of the molecule is C=C(CB(OC)OC)C(=C)CB(OC)OC. The second kappa shape index (κ2) is 8.58. The average molecular weight is 226 g/mol. The Morgan fingerprint density at radius 1 is 0.750 bits per heavy atom. The first-order chi connectivity index (χ1) is 7.58. The highest BCUT2D eigenvalue weighted by Gasteiger charge is 2.21. The van der Waals surface area contributed by atoms with Gasteiger partial charge in [0.1, 0.15) is 0 Å². The summed E-state index contributed by atoms with van der Waals surface area (Å²) < 4.78 is 20.4. The van der Waals surface area contributed by atoms with E-state index in [4.69, 9.17) is 18.6 Å². The molecule has 0 bridgehead atoms. The lowest BCUT2D eigenvalue weighted by Gasteiger charge is -2.14. The Labute approximate surface area is 98.9 Å². The standard InChI is InChI=1S/C10H20B2O4/c1-9(7-11(13-3)14-4)10(2)8-12(15-5)16-6/h1-2,7-8H2,3-6H3.